The first-order chi connectivity index (χ1) is 25.2. The van der Waals surface area contributed by atoms with Crippen molar-refractivity contribution >= 4 is 28.7 Å². The zero-order valence-electron chi connectivity index (χ0n) is 29.1. The van der Waals surface area contributed by atoms with Gasteiger partial charge in [0.25, 0.3) is 11.8 Å². The second-order valence-electron chi connectivity index (χ2n) is 14.2. The van der Waals surface area contributed by atoms with Crippen LogP contribution in [0.3, 0.4) is 0 Å². The van der Waals surface area contributed by atoms with Gasteiger partial charge in [-0.2, -0.15) is 0 Å². The minimum Gasteiger partial charge on any atom is -0.506 e. The molecular weight excluding hydrogens is 662 g/mol. The van der Waals surface area contributed by atoms with Gasteiger partial charge in [-0.3, -0.25) is 24.1 Å². The summed E-state index contributed by atoms with van der Waals surface area (Å²) in [5.41, 5.74) is 1.41. The third-order valence-corrected chi connectivity index (χ3v) is 10.8. The molecular formula is C40H45N5O7. The summed E-state index contributed by atoms with van der Waals surface area (Å²) in [5.74, 6) is -0.347. The maximum Gasteiger partial charge on any atom is 0.320 e. The van der Waals surface area contributed by atoms with E-state index >= 15 is 0 Å². The number of amides is 2. The van der Waals surface area contributed by atoms with Crippen molar-refractivity contribution in [3.05, 3.63) is 111 Å². The molecule has 2 amide bonds. The fourth-order valence-electron chi connectivity index (χ4n) is 7.75. The predicted molar refractivity (Wildman–Crippen MR) is 195 cm³/mol. The number of carbonyl (C=O) groups excluding carboxylic acids is 3. The Balaban J connectivity index is 0.854. The highest BCUT2D eigenvalue weighted by atomic mass is 16.5. The van der Waals surface area contributed by atoms with Gasteiger partial charge in [-0.25, -0.2) is 0 Å². The van der Waals surface area contributed by atoms with E-state index in [1.165, 1.54) is 12.1 Å². The van der Waals surface area contributed by atoms with Gasteiger partial charge in [0, 0.05) is 55.3 Å². The molecule has 2 atom stereocenters. The molecule has 4 saturated heterocycles. The summed E-state index contributed by atoms with van der Waals surface area (Å²) in [7, 11) is 0. The van der Waals surface area contributed by atoms with Crippen molar-refractivity contribution in [1.82, 2.24) is 25.4 Å². The number of ether oxygens (including phenoxy) is 1. The van der Waals surface area contributed by atoms with E-state index in [-0.39, 0.29) is 54.8 Å². The number of aromatic amines is 1. The fraction of sp³-hybridized carbons (Fsp3) is 0.400. The van der Waals surface area contributed by atoms with Crippen LogP contribution in [0.1, 0.15) is 63.6 Å². The van der Waals surface area contributed by atoms with Crippen molar-refractivity contribution in [3.8, 4) is 5.75 Å². The molecule has 1 unspecified atom stereocenters. The van der Waals surface area contributed by atoms with Crippen LogP contribution in [0.25, 0.3) is 10.9 Å². The Morgan fingerprint density at radius 2 is 1.62 bits per heavy atom. The topological polar surface area (TPSA) is 164 Å². The van der Waals surface area contributed by atoms with Crippen molar-refractivity contribution in [1.29, 1.82) is 0 Å². The number of rotatable bonds is 13. The molecule has 12 nitrogen and oxygen atoms in total. The summed E-state index contributed by atoms with van der Waals surface area (Å²) >= 11 is 0. The number of fused-ring (bicyclic) bond motifs is 4. The van der Waals surface area contributed by atoms with Crippen LogP contribution < -0.4 is 16.2 Å². The quantitative estimate of drug-likeness (QED) is 0.104. The fourth-order valence-corrected chi connectivity index (χ4v) is 7.75. The van der Waals surface area contributed by atoms with Gasteiger partial charge in [-0.1, -0.05) is 36.4 Å². The lowest BCUT2D eigenvalue weighted by Crippen LogP contribution is -2.66. The minimum absolute atomic E-state index is 0.0560. The standard InChI is InChI=1S/C40H45N5O7/c46-32-14-12-30(31-13-15-35(48)43-36(31)32)33(47)22-41-18-4-5-19-42-37(49)27-8-10-28(11-9-27)38(50)45-24-40(25-45,29-6-2-1-3-7-29)39(51)52-34-23-44-20-16-26(34)17-21-44/h1-3,6-15,26,33-34,41,46-47H,4-5,16-25H2,(H,42,49)(H,43,48)/t33?,34-/m0/s1. The van der Waals surface area contributed by atoms with Crippen LogP contribution in [0.15, 0.2) is 83.7 Å². The van der Waals surface area contributed by atoms with Crippen molar-refractivity contribution in [2.75, 3.05) is 52.4 Å². The molecule has 4 aromatic rings. The van der Waals surface area contributed by atoms with E-state index < -0.39 is 11.5 Å². The Labute approximate surface area is 301 Å². The van der Waals surface area contributed by atoms with Crippen molar-refractivity contribution in [2.24, 2.45) is 5.92 Å². The number of hydrogen-bond donors (Lipinski definition) is 5. The number of nitrogens with zero attached hydrogens (tertiary/aromatic N) is 2. The second-order valence-corrected chi connectivity index (χ2v) is 14.2. The average molecular weight is 708 g/mol. The molecule has 4 aliphatic heterocycles. The Morgan fingerprint density at radius 1 is 0.904 bits per heavy atom. The van der Waals surface area contributed by atoms with Gasteiger partial charge in [0.1, 0.15) is 17.3 Å². The van der Waals surface area contributed by atoms with Crippen LogP contribution in [0.4, 0.5) is 0 Å². The van der Waals surface area contributed by atoms with Crippen molar-refractivity contribution in [3.63, 3.8) is 0 Å². The molecule has 12 heteroatoms. The van der Waals surface area contributed by atoms with Gasteiger partial charge in [0.15, 0.2) is 0 Å². The number of esters is 1. The Kier molecular flexibility index (Phi) is 10.4. The molecule has 0 aliphatic carbocycles. The van der Waals surface area contributed by atoms with E-state index in [4.69, 9.17) is 4.74 Å². The monoisotopic (exact) mass is 707 g/mol. The molecule has 4 fully saturated rings. The molecule has 8 rings (SSSR count). The number of aliphatic hydroxyl groups excluding tert-OH is 1. The van der Waals surface area contributed by atoms with E-state index in [1.807, 2.05) is 30.3 Å². The van der Waals surface area contributed by atoms with Gasteiger partial charge in [-0.15, -0.1) is 0 Å². The molecule has 2 bridgehead atoms. The minimum atomic E-state index is -0.900. The number of piperidine rings is 3. The number of unbranched alkanes of at least 4 members (excludes halogenated alkanes) is 1. The molecule has 5 heterocycles. The molecule has 0 radical (unpaired) electrons. The number of hydrogen-bond acceptors (Lipinski definition) is 9. The molecule has 272 valence electrons. The molecule has 52 heavy (non-hydrogen) atoms. The van der Waals surface area contributed by atoms with Crippen LogP contribution in [0, 0.1) is 5.92 Å². The first kappa shape index (κ1) is 35.4. The number of H-pyrrole nitrogens is 1. The highest BCUT2D eigenvalue weighted by Crippen LogP contribution is 2.39. The third kappa shape index (κ3) is 7.32. The Hall–Kier alpha value is -5.04. The van der Waals surface area contributed by atoms with Crippen LogP contribution >= 0.6 is 0 Å². The summed E-state index contributed by atoms with van der Waals surface area (Å²) in [6, 6.07) is 22.2. The van der Waals surface area contributed by atoms with Crippen molar-refractivity contribution in [2.45, 2.75) is 43.3 Å². The predicted octanol–water partition coefficient (Wildman–Crippen LogP) is 3.10. The zero-order chi connectivity index (χ0) is 36.2. The van der Waals surface area contributed by atoms with Gasteiger partial charge in [0.2, 0.25) is 5.56 Å². The third-order valence-electron chi connectivity index (χ3n) is 10.8. The summed E-state index contributed by atoms with van der Waals surface area (Å²) in [6.45, 7) is 4.74. The number of aromatic hydroxyl groups is 1. The highest BCUT2D eigenvalue weighted by Gasteiger charge is 2.54. The van der Waals surface area contributed by atoms with E-state index in [0.29, 0.717) is 46.6 Å². The first-order valence-corrected chi connectivity index (χ1v) is 18.1. The van der Waals surface area contributed by atoms with Crippen LogP contribution in [0.2, 0.25) is 0 Å². The number of phenols is 1. The highest BCUT2D eigenvalue weighted by molar-refractivity contribution is 5.99. The summed E-state index contributed by atoms with van der Waals surface area (Å²) in [6.07, 6.45) is 2.63. The Bertz CT molecular complexity index is 1970. The van der Waals surface area contributed by atoms with Crippen LogP contribution in [-0.4, -0.2) is 101 Å². The lowest BCUT2D eigenvalue weighted by Gasteiger charge is -2.50. The van der Waals surface area contributed by atoms with Gasteiger partial charge in [-0.05, 0) is 98.8 Å². The number of nitrogens with one attached hydrogen (secondary N) is 3. The number of aliphatic hydroxyl groups is 1. The van der Waals surface area contributed by atoms with Crippen LogP contribution in [0.5, 0.6) is 5.75 Å². The second kappa shape index (κ2) is 15.3. The average Bonchev–Trinajstić information content (AvgIpc) is 3.15. The molecule has 4 aliphatic rings. The van der Waals surface area contributed by atoms with Crippen molar-refractivity contribution < 1.29 is 29.3 Å². The number of carbonyl (C=O) groups is 3. The number of phenolic OH excluding ortho intramolecular Hbond substituents is 1. The van der Waals surface area contributed by atoms with E-state index in [0.717, 1.165) is 50.9 Å². The molecule has 0 saturated carbocycles. The van der Waals surface area contributed by atoms with Gasteiger partial charge in [0.05, 0.1) is 11.6 Å². The molecule has 1 aromatic heterocycles. The normalized spacial score (nSPS) is 20.9. The number of likely N-dealkylation sites (tertiary alicyclic amines) is 1. The maximum absolute atomic E-state index is 13.8. The summed E-state index contributed by atoms with van der Waals surface area (Å²) in [5, 5.41) is 27.5. The smallest absolute Gasteiger partial charge is 0.320 e. The number of aromatic nitrogens is 1. The lowest BCUT2D eigenvalue weighted by atomic mass is 9.73. The summed E-state index contributed by atoms with van der Waals surface area (Å²) < 4.78 is 6.17. The molecule has 3 aromatic carbocycles. The number of pyridine rings is 1. The van der Waals surface area contributed by atoms with Gasteiger partial charge < -0.3 is 35.5 Å². The number of benzene rings is 3. The van der Waals surface area contributed by atoms with Gasteiger partial charge >= 0.3 is 5.97 Å². The Morgan fingerprint density at radius 3 is 2.33 bits per heavy atom. The first-order valence-electron chi connectivity index (χ1n) is 18.1. The zero-order valence-corrected chi connectivity index (χ0v) is 29.1. The largest absolute Gasteiger partial charge is 0.506 e. The lowest BCUT2D eigenvalue weighted by molar-refractivity contribution is -0.171. The SMILES string of the molecule is O=C(NCCCCNCC(O)c1ccc(O)c2[nH]c(=O)ccc12)c1ccc(C(=O)N2CC(C(=O)O[C@H]3CN4CCC3CC4)(c3ccccc3)C2)cc1. The molecule has 0 spiro atoms. The summed E-state index contributed by atoms with van der Waals surface area (Å²) in [4.78, 5) is 58.3. The van der Waals surface area contributed by atoms with E-state index in [1.54, 1.807) is 41.3 Å². The van der Waals surface area contributed by atoms with Crippen LogP contribution in [-0.2, 0) is 14.9 Å². The maximum atomic E-state index is 13.8. The molecule has 5 N–H and O–H groups in total. The van der Waals surface area contributed by atoms with E-state index in [9.17, 15) is 29.4 Å². The van der Waals surface area contributed by atoms with E-state index in [2.05, 4.69) is 20.5 Å².